The molecule has 0 unspecified atom stereocenters. The van der Waals surface area contributed by atoms with Gasteiger partial charge < -0.3 is 19.3 Å². The minimum Gasteiger partial charge on any atom is -0.504 e. The molecule has 0 heterocycles. The maximum absolute atomic E-state index is 11.6. The van der Waals surface area contributed by atoms with Crippen LogP contribution in [-0.4, -0.2) is 25.0 Å². The fourth-order valence-corrected chi connectivity index (χ4v) is 1.85. The van der Waals surface area contributed by atoms with E-state index in [1.807, 2.05) is 6.92 Å². The molecule has 0 amide bonds. The van der Waals surface area contributed by atoms with Crippen molar-refractivity contribution in [3.63, 3.8) is 0 Å². The first-order valence-electron chi connectivity index (χ1n) is 6.30. The van der Waals surface area contributed by atoms with Crippen LogP contribution < -0.4 is 9.47 Å². The number of hydrogen-bond acceptors (Lipinski definition) is 5. The van der Waals surface area contributed by atoms with Crippen molar-refractivity contribution in [3.05, 3.63) is 30.3 Å². The number of carbonyl (C=O) groups excluding carboxylic acids is 1. The molecule has 5 heteroatoms. The zero-order valence-electron chi connectivity index (χ0n) is 11.4. The Morgan fingerprint density at radius 1 is 1.20 bits per heavy atom. The van der Waals surface area contributed by atoms with Gasteiger partial charge in [-0.1, -0.05) is 31.2 Å². The minimum absolute atomic E-state index is 0.0115. The SMILES string of the molecule is CCCOC(=O)Oc1cc(OC)c(O)c2ccccc12. The lowest BCUT2D eigenvalue weighted by atomic mass is 10.1. The second-order valence-corrected chi connectivity index (χ2v) is 4.17. The summed E-state index contributed by atoms with van der Waals surface area (Å²) in [6.07, 6.45) is -0.0564. The lowest BCUT2D eigenvalue weighted by molar-refractivity contribution is 0.0996. The summed E-state index contributed by atoms with van der Waals surface area (Å²) >= 11 is 0. The Kier molecular flexibility index (Phi) is 4.30. The van der Waals surface area contributed by atoms with Gasteiger partial charge in [-0.15, -0.1) is 0 Å². The molecule has 0 atom stereocenters. The van der Waals surface area contributed by atoms with Gasteiger partial charge in [0, 0.05) is 16.8 Å². The van der Waals surface area contributed by atoms with Crippen LogP contribution in [0.1, 0.15) is 13.3 Å². The molecule has 0 spiro atoms. The Labute approximate surface area is 116 Å². The van der Waals surface area contributed by atoms with Crippen LogP contribution in [0.15, 0.2) is 30.3 Å². The minimum atomic E-state index is -0.773. The number of methoxy groups -OCH3 is 1. The number of carbonyl (C=O) groups is 1. The van der Waals surface area contributed by atoms with Crippen molar-refractivity contribution < 1.29 is 24.1 Å². The molecule has 0 saturated heterocycles. The molecule has 0 aliphatic heterocycles. The maximum Gasteiger partial charge on any atom is 0.513 e. The predicted octanol–water partition coefficient (Wildman–Crippen LogP) is 3.48. The predicted molar refractivity (Wildman–Crippen MR) is 74.4 cm³/mol. The van der Waals surface area contributed by atoms with Gasteiger partial charge in [-0.2, -0.15) is 0 Å². The normalized spacial score (nSPS) is 10.3. The largest absolute Gasteiger partial charge is 0.513 e. The van der Waals surface area contributed by atoms with Crippen molar-refractivity contribution >= 4 is 16.9 Å². The molecule has 2 aromatic rings. The Morgan fingerprint density at radius 3 is 2.55 bits per heavy atom. The third-order valence-electron chi connectivity index (χ3n) is 2.78. The highest BCUT2D eigenvalue weighted by atomic mass is 16.7. The topological polar surface area (TPSA) is 65.0 Å². The van der Waals surface area contributed by atoms with Gasteiger partial charge in [0.1, 0.15) is 5.75 Å². The summed E-state index contributed by atoms with van der Waals surface area (Å²) < 4.78 is 15.1. The molecule has 0 aromatic heterocycles. The van der Waals surface area contributed by atoms with Gasteiger partial charge in [0.15, 0.2) is 11.5 Å². The molecule has 20 heavy (non-hydrogen) atoms. The van der Waals surface area contributed by atoms with Crippen molar-refractivity contribution in [1.82, 2.24) is 0 Å². The van der Waals surface area contributed by atoms with Crippen LogP contribution in [-0.2, 0) is 4.74 Å². The van der Waals surface area contributed by atoms with Gasteiger partial charge in [0.25, 0.3) is 0 Å². The summed E-state index contributed by atoms with van der Waals surface area (Å²) in [5, 5.41) is 11.2. The van der Waals surface area contributed by atoms with E-state index in [0.717, 1.165) is 6.42 Å². The Morgan fingerprint density at radius 2 is 1.90 bits per heavy atom. The molecule has 1 N–H and O–H groups in total. The number of hydrogen-bond donors (Lipinski definition) is 1. The summed E-state index contributed by atoms with van der Waals surface area (Å²) in [6.45, 7) is 2.19. The standard InChI is InChI=1S/C15H16O5/c1-3-8-19-15(17)20-12-9-13(18-2)14(16)11-7-5-4-6-10(11)12/h4-7,9,16H,3,8H2,1-2H3. The van der Waals surface area contributed by atoms with E-state index in [2.05, 4.69) is 0 Å². The number of phenols is 1. The number of aromatic hydroxyl groups is 1. The van der Waals surface area contributed by atoms with Gasteiger partial charge in [-0.05, 0) is 6.42 Å². The summed E-state index contributed by atoms with van der Waals surface area (Å²) in [7, 11) is 1.43. The number of phenolic OH excluding ortho intramolecular Hbond substituents is 1. The zero-order chi connectivity index (χ0) is 14.5. The highest BCUT2D eigenvalue weighted by molar-refractivity contribution is 5.96. The summed E-state index contributed by atoms with van der Waals surface area (Å²) in [5.74, 6) is 0.538. The molecule has 0 fully saturated rings. The van der Waals surface area contributed by atoms with Crippen molar-refractivity contribution in [1.29, 1.82) is 0 Å². The van der Waals surface area contributed by atoms with Crippen LogP contribution in [0.3, 0.4) is 0 Å². The van der Waals surface area contributed by atoms with E-state index in [0.29, 0.717) is 17.4 Å². The number of benzene rings is 2. The first kappa shape index (κ1) is 14.0. The molecular weight excluding hydrogens is 260 g/mol. The van der Waals surface area contributed by atoms with Crippen LogP contribution in [0.25, 0.3) is 10.8 Å². The van der Waals surface area contributed by atoms with E-state index in [4.69, 9.17) is 14.2 Å². The van der Waals surface area contributed by atoms with Gasteiger partial charge in [-0.3, -0.25) is 0 Å². The van der Waals surface area contributed by atoms with Crippen LogP contribution in [0, 0.1) is 0 Å². The van der Waals surface area contributed by atoms with Crippen LogP contribution >= 0.6 is 0 Å². The van der Waals surface area contributed by atoms with E-state index in [-0.39, 0.29) is 17.2 Å². The van der Waals surface area contributed by atoms with E-state index < -0.39 is 6.16 Å². The molecule has 0 saturated carbocycles. The van der Waals surface area contributed by atoms with Crippen LogP contribution in [0.5, 0.6) is 17.2 Å². The zero-order valence-corrected chi connectivity index (χ0v) is 11.4. The van der Waals surface area contributed by atoms with Crippen molar-refractivity contribution in [2.24, 2.45) is 0 Å². The number of ether oxygens (including phenoxy) is 3. The second kappa shape index (κ2) is 6.14. The third kappa shape index (κ3) is 2.77. The molecule has 106 valence electrons. The fourth-order valence-electron chi connectivity index (χ4n) is 1.85. The molecule has 5 nitrogen and oxygen atoms in total. The lowest BCUT2D eigenvalue weighted by Crippen LogP contribution is -2.11. The van der Waals surface area contributed by atoms with E-state index in [1.165, 1.54) is 13.2 Å². The van der Waals surface area contributed by atoms with Crippen molar-refractivity contribution in [2.45, 2.75) is 13.3 Å². The fraction of sp³-hybridized carbons (Fsp3) is 0.267. The van der Waals surface area contributed by atoms with Crippen LogP contribution in [0.2, 0.25) is 0 Å². The summed E-state index contributed by atoms with van der Waals surface area (Å²) in [5.41, 5.74) is 0. The molecular formula is C15H16O5. The monoisotopic (exact) mass is 276 g/mol. The highest BCUT2D eigenvalue weighted by Crippen LogP contribution is 2.40. The molecule has 0 aliphatic carbocycles. The van der Waals surface area contributed by atoms with Gasteiger partial charge in [0.2, 0.25) is 0 Å². The molecule has 2 aromatic carbocycles. The lowest BCUT2D eigenvalue weighted by Gasteiger charge is -2.12. The average molecular weight is 276 g/mol. The van der Waals surface area contributed by atoms with E-state index in [1.54, 1.807) is 24.3 Å². The van der Waals surface area contributed by atoms with Gasteiger partial charge >= 0.3 is 6.16 Å². The third-order valence-corrected chi connectivity index (χ3v) is 2.78. The molecule has 0 aliphatic rings. The number of fused-ring (bicyclic) bond motifs is 1. The smallest absolute Gasteiger partial charge is 0.504 e. The van der Waals surface area contributed by atoms with Crippen molar-refractivity contribution in [3.8, 4) is 17.2 Å². The maximum atomic E-state index is 11.6. The van der Waals surface area contributed by atoms with E-state index >= 15 is 0 Å². The van der Waals surface area contributed by atoms with Gasteiger partial charge in [-0.25, -0.2) is 4.79 Å². The van der Waals surface area contributed by atoms with Crippen molar-refractivity contribution in [2.75, 3.05) is 13.7 Å². The molecule has 0 bridgehead atoms. The second-order valence-electron chi connectivity index (χ2n) is 4.17. The molecule has 0 radical (unpaired) electrons. The van der Waals surface area contributed by atoms with Crippen LogP contribution in [0.4, 0.5) is 4.79 Å². The Hall–Kier alpha value is -2.43. The summed E-state index contributed by atoms with van der Waals surface area (Å²) in [6, 6.07) is 8.50. The first-order valence-corrected chi connectivity index (χ1v) is 6.30. The Bertz CT molecular complexity index is 621. The Balaban J connectivity index is 2.41. The highest BCUT2D eigenvalue weighted by Gasteiger charge is 2.15. The molecule has 2 rings (SSSR count). The quantitative estimate of drug-likeness (QED) is 0.684. The van der Waals surface area contributed by atoms with Gasteiger partial charge in [0.05, 0.1) is 13.7 Å². The van der Waals surface area contributed by atoms with E-state index in [9.17, 15) is 9.90 Å². The average Bonchev–Trinajstić information content (AvgIpc) is 2.48. The number of rotatable bonds is 4. The first-order chi connectivity index (χ1) is 9.67. The summed E-state index contributed by atoms with van der Waals surface area (Å²) in [4.78, 5) is 11.6.